The molecule has 2 rings (SSSR count). The predicted molar refractivity (Wildman–Crippen MR) is 65.3 cm³/mol. The molecule has 1 aromatic carbocycles. The first-order chi connectivity index (χ1) is 8.79. The Bertz CT molecular complexity index is 512. The van der Waals surface area contributed by atoms with Crippen LogP contribution in [0.15, 0.2) is 30.6 Å². The standard InChI is InChI=1S/C11H13N5O2/c12-4-5-18-9-3-1-2-8(6-9)15-11(17)10-13-7-14-16-10/h1-3,6-7H,4-5,12H2,(H,15,17)(H,13,14,16). The number of aromatic amines is 1. The number of hydrogen-bond acceptors (Lipinski definition) is 5. The smallest absolute Gasteiger partial charge is 0.292 e. The summed E-state index contributed by atoms with van der Waals surface area (Å²) in [5, 5.41) is 8.77. The molecule has 4 N–H and O–H groups in total. The second-order valence-corrected chi connectivity index (χ2v) is 3.45. The summed E-state index contributed by atoms with van der Waals surface area (Å²) >= 11 is 0. The van der Waals surface area contributed by atoms with Gasteiger partial charge in [-0.2, -0.15) is 5.10 Å². The van der Waals surface area contributed by atoms with Gasteiger partial charge in [-0.1, -0.05) is 6.07 Å². The van der Waals surface area contributed by atoms with E-state index in [1.54, 1.807) is 24.3 Å². The van der Waals surface area contributed by atoms with Gasteiger partial charge in [0, 0.05) is 18.3 Å². The minimum atomic E-state index is -0.358. The number of ether oxygens (including phenoxy) is 1. The molecular weight excluding hydrogens is 234 g/mol. The molecule has 7 heteroatoms. The van der Waals surface area contributed by atoms with Gasteiger partial charge in [0.05, 0.1) is 0 Å². The Balaban J connectivity index is 2.03. The Labute approximate surface area is 103 Å². The van der Waals surface area contributed by atoms with Crippen molar-refractivity contribution >= 4 is 11.6 Å². The average molecular weight is 247 g/mol. The highest BCUT2D eigenvalue weighted by molar-refractivity contribution is 6.01. The molecule has 1 amide bonds. The summed E-state index contributed by atoms with van der Waals surface area (Å²) in [5.74, 6) is 0.447. The summed E-state index contributed by atoms with van der Waals surface area (Å²) in [5.41, 5.74) is 5.96. The molecule has 18 heavy (non-hydrogen) atoms. The first-order valence-corrected chi connectivity index (χ1v) is 5.39. The van der Waals surface area contributed by atoms with Gasteiger partial charge in [-0.15, -0.1) is 0 Å². The molecule has 0 unspecified atom stereocenters. The van der Waals surface area contributed by atoms with E-state index in [0.717, 1.165) is 0 Å². The second kappa shape index (κ2) is 5.78. The molecular formula is C11H13N5O2. The van der Waals surface area contributed by atoms with Crippen molar-refractivity contribution in [3.05, 3.63) is 36.4 Å². The van der Waals surface area contributed by atoms with Crippen molar-refractivity contribution in [1.82, 2.24) is 15.2 Å². The van der Waals surface area contributed by atoms with Gasteiger partial charge in [-0.3, -0.25) is 9.89 Å². The number of nitrogens with zero attached hydrogens (tertiary/aromatic N) is 2. The van der Waals surface area contributed by atoms with Gasteiger partial charge in [0.2, 0.25) is 5.82 Å². The molecule has 0 saturated heterocycles. The highest BCUT2D eigenvalue weighted by atomic mass is 16.5. The Kier molecular flexibility index (Phi) is 3.87. The molecule has 0 atom stereocenters. The van der Waals surface area contributed by atoms with E-state index in [-0.39, 0.29) is 11.7 Å². The zero-order valence-corrected chi connectivity index (χ0v) is 9.59. The van der Waals surface area contributed by atoms with Gasteiger partial charge < -0.3 is 15.8 Å². The van der Waals surface area contributed by atoms with Crippen LogP contribution in [0.3, 0.4) is 0 Å². The first-order valence-electron chi connectivity index (χ1n) is 5.39. The number of anilines is 1. The average Bonchev–Trinajstić information content (AvgIpc) is 2.91. The lowest BCUT2D eigenvalue weighted by molar-refractivity contribution is 0.101. The van der Waals surface area contributed by atoms with Crippen molar-refractivity contribution < 1.29 is 9.53 Å². The SMILES string of the molecule is NCCOc1cccc(NC(=O)c2ncn[nH]2)c1. The van der Waals surface area contributed by atoms with Crippen molar-refractivity contribution in [1.29, 1.82) is 0 Å². The summed E-state index contributed by atoms with van der Waals surface area (Å²) in [6.07, 6.45) is 1.27. The summed E-state index contributed by atoms with van der Waals surface area (Å²) < 4.78 is 5.36. The molecule has 0 radical (unpaired) electrons. The molecule has 2 aromatic rings. The van der Waals surface area contributed by atoms with Gasteiger partial charge >= 0.3 is 0 Å². The molecule has 1 heterocycles. The van der Waals surface area contributed by atoms with Gasteiger partial charge in [0.25, 0.3) is 5.91 Å². The molecule has 0 aliphatic carbocycles. The van der Waals surface area contributed by atoms with Crippen LogP contribution in [-0.4, -0.2) is 34.2 Å². The van der Waals surface area contributed by atoms with Crippen molar-refractivity contribution in [2.75, 3.05) is 18.5 Å². The second-order valence-electron chi connectivity index (χ2n) is 3.45. The monoisotopic (exact) mass is 247 g/mol. The molecule has 0 bridgehead atoms. The third kappa shape index (κ3) is 3.05. The van der Waals surface area contributed by atoms with Crippen LogP contribution in [-0.2, 0) is 0 Å². The molecule has 1 aromatic heterocycles. The van der Waals surface area contributed by atoms with Crippen LogP contribution in [0, 0.1) is 0 Å². The number of carbonyl (C=O) groups is 1. The summed E-state index contributed by atoms with van der Waals surface area (Å²) in [6, 6.07) is 7.04. The number of H-pyrrole nitrogens is 1. The van der Waals surface area contributed by atoms with Crippen molar-refractivity contribution in [3.8, 4) is 5.75 Å². The van der Waals surface area contributed by atoms with Gasteiger partial charge in [-0.05, 0) is 12.1 Å². The summed E-state index contributed by atoms with van der Waals surface area (Å²) in [4.78, 5) is 15.5. The van der Waals surface area contributed by atoms with Crippen molar-refractivity contribution in [3.63, 3.8) is 0 Å². The van der Waals surface area contributed by atoms with E-state index in [9.17, 15) is 4.79 Å². The Morgan fingerprint density at radius 1 is 1.50 bits per heavy atom. The minimum absolute atomic E-state index is 0.156. The number of nitrogens with one attached hydrogen (secondary N) is 2. The number of benzene rings is 1. The molecule has 0 aliphatic heterocycles. The van der Waals surface area contributed by atoms with E-state index >= 15 is 0 Å². The summed E-state index contributed by atoms with van der Waals surface area (Å²) in [6.45, 7) is 0.869. The van der Waals surface area contributed by atoms with Crippen LogP contribution in [0.1, 0.15) is 10.6 Å². The Hall–Kier alpha value is -2.41. The molecule has 7 nitrogen and oxygen atoms in total. The van der Waals surface area contributed by atoms with E-state index in [1.807, 2.05) is 0 Å². The van der Waals surface area contributed by atoms with Crippen LogP contribution >= 0.6 is 0 Å². The third-order valence-electron chi connectivity index (χ3n) is 2.11. The third-order valence-corrected chi connectivity index (χ3v) is 2.11. The number of nitrogens with two attached hydrogens (primary N) is 1. The Morgan fingerprint density at radius 2 is 2.39 bits per heavy atom. The normalized spacial score (nSPS) is 10.1. The minimum Gasteiger partial charge on any atom is -0.492 e. The lowest BCUT2D eigenvalue weighted by Gasteiger charge is -2.07. The fraction of sp³-hybridized carbons (Fsp3) is 0.182. The first kappa shape index (κ1) is 12.1. The number of hydrogen-bond donors (Lipinski definition) is 3. The van der Waals surface area contributed by atoms with Crippen LogP contribution in [0.4, 0.5) is 5.69 Å². The molecule has 0 fully saturated rings. The highest BCUT2D eigenvalue weighted by Crippen LogP contribution is 2.17. The zero-order chi connectivity index (χ0) is 12.8. The fourth-order valence-corrected chi connectivity index (χ4v) is 1.35. The maximum absolute atomic E-state index is 11.7. The van der Waals surface area contributed by atoms with E-state index < -0.39 is 0 Å². The maximum atomic E-state index is 11.7. The number of aromatic nitrogens is 3. The number of rotatable bonds is 5. The van der Waals surface area contributed by atoms with Crippen LogP contribution in [0.5, 0.6) is 5.75 Å². The quantitative estimate of drug-likeness (QED) is 0.708. The predicted octanol–water partition coefficient (Wildman–Crippen LogP) is 0.394. The topological polar surface area (TPSA) is 106 Å². The van der Waals surface area contributed by atoms with Gasteiger partial charge in [0.15, 0.2) is 0 Å². The van der Waals surface area contributed by atoms with Crippen LogP contribution < -0.4 is 15.8 Å². The van der Waals surface area contributed by atoms with Crippen molar-refractivity contribution in [2.24, 2.45) is 5.73 Å². The van der Waals surface area contributed by atoms with Gasteiger partial charge in [0.1, 0.15) is 18.7 Å². The van der Waals surface area contributed by atoms with E-state index in [1.165, 1.54) is 6.33 Å². The molecule has 0 aliphatic rings. The molecule has 0 saturated carbocycles. The lowest BCUT2D eigenvalue weighted by Crippen LogP contribution is -2.14. The zero-order valence-electron chi connectivity index (χ0n) is 9.59. The van der Waals surface area contributed by atoms with E-state index in [4.69, 9.17) is 10.5 Å². The van der Waals surface area contributed by atoms with Crippen LogP contribution in [0.2, 0.25) is 0 Å². The Morgan fingerprint density at radius 3 is 3.11 bits per heavy atom. The van der Waals surface area contributed by atoms with Gasteiger partial charge in [-0.25, -0.2) is 4.98 Å². The summed E-state index contributed by atoms with van der Waals surface area (Å²) in [7, 11) is 0. The van der Waals surface area contributed by atoms with Crippen LogP contribution in [0.25, 0.3) is 0 Å². The largest absolute Gasteiger partial charge is 0.492 e. The maximum Gasteiger partial charge on any atom is 0.292 e. The number of carbonyl (C=O) groups excluding carboxylic acids is 1. The molecule has 0 spiro atoms. The fourth-order valence-electron chi connectivity index (χ4n) is 1.35. The molecule has 94 valence electrons. The highest BCUT2D eigenvalue weighted by Gasteiger charge is 2.08. The number of amides is 1. The van der Waals surface area contributed by atoms with E-state index in [0.29, 0.717) is 24.6 Å². The van der Waals surface area contributed by atoms with E-state index in [2.05, 4.69) is 20.5 Å². The van der Waals surface area contributed by atoms with Crippen molar-refractivity contribution in [2.45, 2.75) is 0 Å². The lowest BCUT2D eigenvalue weighted by atomic mass is 10.3.